The molecule has 14 heavy (non-hydrogen) atoms. The molecule has 1 rings (SSSR count). The first-order valence-corrected chi connectivity index (χ1v) is 5.41. The Kier molecular flexibility index (Phi) is 4.00. The number of rotatable bonds is 3. The Balaban J connectivity index is 2.82. The smallest absolute Gasteiger partial charge is 0.325 e. The SMILES string of the molecule is CC(Nc1ccc(Cl)cc1I)C(=O)O. The molecule has 0 aromatic heterocycles. The summed E-state index contributed by atoms with van der Waals surface area (Å²) >= 11 is 7.87. The van der Waals surface area contributed by atoms with Crippen LogP contribution >= 0.6 is 34.2 Å². The summed E-state index contributed by atoms with van der Waals surface area (Å²) < 4.78 is 0.906. The molecule has 3 nitrogen and oxygen atoms in total. The molecule has 0 bridgehead atoms. The molecule has 0 aliphatic carbocycles. The summed E-state index contributed by atoms with van der Waals surface area (Å²) in [5.41, 5.74) is 0.782. The van der Waals surface area contributed by atoms with Gasteiger partial charge in [-0.25, -0.2) is 0 Å². The van der Waals surface area contributed by atoms with Gasteiger partial charge < -0.3 is 10.4 Å². The molecular weight excluding hydrogens is 316 g/mol. The highest BCUT2D eigenvalue weighted by Crippen LogP contribution is 2.22. The van der Waals surface area contributed by atoms with Gasteiger partial charge in [-0.05, 0) is 47.7 Å². The first-order valence-electron chi connectivity index (χ1n) is 3.95. The number of hydrogen-bond donors (Lipinski definition) is 2. The van der Waals surface area contributed by atoms with Crippen LogP contribution in [0.25, 0.3) is 0 Å². The number of benzene rings is 1. The molecule has 0 aliphatic rings. The zero-order valence-corrected chi connectivity index (χ0v) is 10.3. The Bertz CT molecular complexity index is 357. The van der Waals surface area contributed by atoms with Crippen molar-refractivity contribution in [2.75, 3.05) is 5.32 Å². The first kappa shape index (κ1) is 11.6. The highest BCUT2D eigenvalue weighted by Gasteiger charge is 2.11. The lowest BCUT2D eigenvalue weighted by Gasteiger charge is -2.12. The third kappa shape index (κ3) is 3.02. The summed E-state index contributed by atoms with van der Waals surface area (Å²) in [5.74, 6) is -0.879. The predicted octanol–water partition coefficient (Wildman–Crippen LogP) is 2.83. The van der Waals surface area contributed by atoms with Crippen molar-refractivity contribution in [1.29, 1.82) is 0 Å². The number of carbonyl (C=O) groups is 1. The van der Waals surface area contributed by atoms with Crippen molar-refractivity contribution in [3.05, 3.63) is 26.8 Å². The highest BCUT2D eigenvalue weighted by atomic mass is 127. The number of carboxylic acid groups (broad SMARTS) is 1. The molecular formula is C9H9ClINO2. The minimum atomic E-state index is -0.879. The van der Waals surface area contributed by atoms with Crippen LogP contribution in [0.3, 0.4) is 0 Å². The quantitative estimate of drug-likeness (QED) is 0.840. The average molecular weight is 326 g/mol. The van der Waals surface area contributed by atoms with Gasteiger partial charge in [-0.3, -0.25) is 4.79 Å². The fourth-order valence-electron chi connectivity index (χ4n) is 0.902. The van der Waals surface area contributed by atoms with Crippen LogP contribution in [-0.2, 0) is 4.79 Å². The normalized spacial score (nSPS) is 12.2. The number of anilines is 1. The van der Waals surface area contributed by atoms with Gasteiger partial charge in [0.25, 0.3) is 0 Å². The third-order valence-electron chi connectivity index (χ3n) is 1.67. The van der Waals surface area contributed by atoms with E-state index in [2.05, 4.69) is 27.9 Å². The summed E-state index contributed by atoms with van der Waals surface area (Å²) in [6.45, 7) is 1.59. The Hall–Kier alpha value is -0.490. The van der Waals surface area contributed by atoms with Gasteiger partial charge in [0.15, 0.2) is 0 Å². The molecule has 2 N–H and O–H groups in total. The zero-order chi connectivity index (χ0) is 10.7. The van der Waals surface area contributed by atoms with Gasteiger partial charge in [0.05, 0.1) is 0 Å². The molecule has 1 atom stereocenters. The van der Waals surface area contributed by atoms with Crippen molar-refractivity contribution in [3.63, 3.8) is 0 Å². The molecule has 0 amide bonds. The second kappa shape index (κ2) is 4.84. The summed E-state index contributed by atoms with van der Waals surface area (Å²) in [4.78, 5) is 10.6. The van der Waals surface area contributed by atoms with Gasteiger partial charge in [-0.1, -0.05) is 11.6 Å². The van der Waals surface area contributed by atoms with E-state index in [4.69, 9.17) is 16.7 Å². The standard InChI is InChI=1S/C9H9ClINO2/c1-5(9(13)14)12-8-3-2-6(10)4-7(8)11/h2-5,12H,1H3,(H,13,14). The molecule has 1 aromatic rings. The van der Waals surface area contributed by atoms with E-state index in [1.165, 1.54) is 0 Å². The predicted molar refractivity (Wildman–Crippen MR) is 64.9 cm³/mol. The van der Waals surface area contributed by atoms with Crippen LogP contribution < -0.4 is 5.32 Å². The summed E-state index contributed by atoms with van der Waals surface area (Å²) in [6, 6.07) is 4.66. The zero-order valence-electron chi connectivity index (χ0n) is 7.42. The number of halogens is 2. The highest BCUT2D eigenvalue weighted by molar-refractivity contribution is 14.1. The molecule has 0 spiro atoms. The van der Waals surface area contributed by atoms with Crippen LogP contribution in [0.4, 0.5) is 5.69 Å². The van der Waals surface area contributed by atoms with Crippen LogP contribution in [0.2, 0.25) is 5.02 Å². The Morgan fingerprint density at radius 1 is 1.64 bits per heavy atom. The molecule has 0 radical (unpaired) electrons. The van der Waals surface area contributed by atoms with E-state index in [1.54, 1.807) is 25.1 Å². The molecule has 1 aromatic carbocycles. The van der Waals surface area contributed by atoms with Gasteiger partial charge in [0.1, 0.15) is 6.04 Å². The van der Waals surface area contributed by atoms with Crippen molar-refractivity contribution < 1.29 is 9.90 Å². The van der Waals surface area contributed by atoms with Crippen LogP contribution in [-0.4, -0.2) is 17.1 Å². The van der Waals surface area contributed by atoms with Gasteiger partial charge >= 0.3 is 5.97 Å². The lowest BCUT2D eigenvalue weighted by Crippen LogP contribution is -2.25. The Labute approximate surface area is 101 Å². The molecule has 0 fully saturated rings. The van der Waals surface area contributed by atoms with Crippen LogP contribution in [0.1, 0.15) is 6.92 Å². The fraction of sp³-hybridized carbons (Fsp3) is 0.222. The number of hydrogen-bond acceptors (Lipinski definition) is 2. The van der Waals surface area contributed by atoms with Crippen molar-refractivity contribution in [2.24, 2.45) is 0 Å². The second-order valence-electron chi connectivity index (χ2n) is 2.83. The number of aliphatic carboxylic acids is 1. The van der Waals surface area contributed by atoms with Crippen LogP contribution in [0, 0.1) is 3.57 Å². The van der Waals surface area contributed by atoms with Crippen molar-refractivity contribution in [3.8, 4) is 0 Å². The molecule has 0 saturated carbocycles. The molecule has 5 heteroatoms. The minimum absolute atomic E-state index is 0.607. The first-order chi connectivity index (χ1) is 6.50. The number of nitrogens with one attached hydrogen (secondary N) is 1. The maximum absolute atomic E-state index is 10.6. The third-order valence-corrected chi connectivity index (χ3v) is 2.80. The topological polar surface area (TPSA) is 49.3 Å². The monoisotopic (exact) mass is 325 g/mol. The maximum Gasteiger partial charge on any atom is 0.325 e. The molecule has 76 valence electrons. The lowest BCUT2D eigenvalue weighted by molar-refractivity contribution is -0.137. The molecule has 1 unspecified atom stereocenters. The minimum Gasteiger partial charge on any atom is -0.480 e. The maximum atomic E-state index is 10.6. The van der Waals surface area contributed by atoms with E-state index in [0.717, 1.165) is 9.26 Å². The van der Waals surface area contributed by atoms with E-state index < -0.39 is 12.0 Å². The molecule has 0 heterocycles. The fourth-order valence-corrected chi connectivity index (χ4v) is 1.93. The van der Waals surface area contributed by atoms with Crippen LogP contribution in [0.5, 0.6) is 0 Å². The van der Waals surface area contributed by atoms with Crippen molar-refractivity contribution in [2.45, 2.75) is 13.0 Å². The van der Waals surface area contributed by atoms with E-state index in [-0.39, 0.29) is 0 Å². The largest absolute Gasteiger partial charge is 0.480 e. The summed E-state index contributed by atoms with van der Waals surface area (Å²) in [7, 11) is 0. The van der Waals surface area contributed by atoms with E-state index >= 15 is 0 Å². The summed E-state index contributed by atoms with van der Waals surface area (Å²) in [5, 5.41) is 12.2. The summed E-state index contributed by atoms with van der Waals surface area (Å²) in [6.07, 6.45) is 0. The van der Waals surface area contributed by atoms with Gasteiger partial charge in [-0.2, -0.15) is 0 Å². The van der Waals surface area contributed by atoms with Gasteiger partial charge in [0, 0.05) is 14.3 Å². The Morgan fingerprint density at radius 3 is 2.79 bits per heavy atom. The van der Waals surface area contributed by atoms with Gasteiger partial charge in [0.2, 0.25) is 0 Å². The van der Waals surface area contributed by atoms with E-state index in [1.807, 2.05) is 0 Å². The van der Waals surface area contributed by atoms with Crippen molar-refractivity contribution in [1.82, 2.24) is 0 Å². The van der Waals surface area contributed by atoms with E-state index in [9.17, 15) is 4.79 Å². The number of carboxylic acids is 1. The lowest BCUT2D eigenvalue weighted by atomic mass is 10.2. The molecule has 0 saturated heterocycles. The van der Waals surface area contributed by atoms with E-state index in [0.29, 0.717) is 5.02 Å². The molecule has 0 aliphatic heterocycles. The van der Waals surface area contributed by atoms with Crippen LogP contribution in [0.15, 0.2) is 18.2 Å². The van der Waals surface area contributed by atoms with Crippen molar-refractivity contribution >= 4 is 45.8 Å². The van der Waals surface area contributed by atoms with Gasteiger partial charge in [-0.15, -0.1) is 0 Å². The second-order valence-corrected chi connectivity index (χ2v) is 4.43. The average Bonchev–Trinajstić information content (AvgIpc) is 2.09. The Morgan fingerprint density at radius 2 is 2.29 bits per heavy atom.